The smallest absolute Gasteiger partial charge is 0.228 e. The maximum absolute atomic E-state index is 13.3. The maximum Gasteiger partial charge on any atom is 0.228 e. The van der Waals surface area contributed by atoms with Gasteiger partial charge in [0.25, 0.3) is 0 Å². The van der Waals surface area contributed by atoms with Crippen molar-refractivity contribution in [3.63, 3.8) is 0 Å². The monoisotopic (exact) mass is 391 g/mol. The van der Waals surface area contributed by atoms with Crippen molar-refractivity contribution in [3.8, 4) is 5.75 Å². The molecule has 4 fully saturated rings. The van der Waals surface area contributed by atoms with Crippen LogP contribution in [0.2, 0.25) is 0 Å². The third-order valence-electron chi connectivity index (χ3n) is 6.37. The second-order valence-corrected chi connectivity index (χ2v) is 10.1. The van der Waals surface area contributed by atoms with Gasteiger partial charge in [-0.05, 0) is 68.1 Å². The quantitative estimate of drug-likeness (QED) is 0.712. The SMILES string of the molecule is COc1ccc(CN(C)C(=O)C23CC4CC(CC(Br)(C4)C2)C3)cc1. The van der Waals surface area contributed by atoms with Crippen molar-refractivity contribution < 1.29 is 9.53 Å². The molecule has 1 aromatic rings. The second kappa shape index (κ2) is 5.76. The predicted molar refractivity (Wildman–Crippen MR) is 98.2 cm³/mol. The third-order valence-corrected chi connectivity index (χ3v) is 7.30. The Bertz CT molecular complexity index is 628. The Hall–Kier alpha value is -1.03. The molecule has 3 nitrogen and oxygen atoms in total. The highest BCUT2D eigenvalue weighted by molar-refractivity contribution is 9.10. The van der Waals surface area contributed by atoms with Gasteiger partial charge in [0.1, 0.15) is 5.75 Å². The zero-order valence-corrected chi connectivity index (χ0v) is 16.1. The number of hydrogen-bond acceptors (Lipinski definition) is 2. The van der Waals surface area contributed by atoms with E-state index < -0.39 is 0 Å². The van der Waals surface area contributed by atoms with Crippen molar-refractivity contribution in [1.29, 1.82) is 0 Å². The lowest BCUT2D eigenvalue weighted by atomic mass is 9.49. The predicted octanol–water partition coefficient (Wildman–Crippen LogP) is 4.39. The molecule has 0 spiro atoms. The fraction of sp³-hybridized carbons (Fsp3) is 0.650. The molecular weight excluding hydrogens is 366 g/mol. The largest absolute Gasteiger partial charge is 0.497 e. The molecule has 1 amide bonds. The van der Waals surface area contributed by atoms with E-state index in [1.54, 1.807) is 7.11 Å². The molecule has 0 aromatic heterocycles. The molecule has 4 saturated carbocycles. The van der Waals surface area contributed by atoms with Gasteiger partial charge in [0.05, 0.1) is 12.5 Å². The van der Waals surface area contributed by atoms with Gasteiger partial charge in [-0.15, -0.1) is 0 Å². The van der Waals surface area contributed by atoms with E-state index in [0.717, 1.165) is 42.4 Å². The van der Waals surface area contributed by atoms with E-state index >= 15 is 0 Å². The first-order chi connectivity index (χ1) is 11.4. The molecule has 0 N–H and O–H groups in total. The number of ether oxygens (including phenoxy) is 1. The number of methoxy groups -OCH3 is 1. The van der Waals surface area contributed by atoms with Gasteiger partial charge in [-0.2, -0.15) is 0 Å². The fourth-order valence-electron chi connectivity index (χ4n) is 5.88. The van der Waals surface area contributed by atoms with Gasteiger partial charge < -0.3 is 9.64 Å². The van der Waals surface area contributed by atoms with Gasteiger partial charge in [0, 0.05) is 17.9 Å². The molecule has 4 aliphatic rings. The van der Waals surface area contributed by atoms with E-state index in [9.17, 15) is 4.79 Å². The topological polar surface area (TPSA) is 29.5 Å². The lowest BCUT2D eigenvalue weighted by molar-refractivity contribution is -0.154. The number of carbonyl (C=O) groups is 1. The zero-order chi connectivity index (χ0) is 16.9. The minimum Gasteiger partial charge on any atom is -0.497 e. The van der Waals surface area contributed by atoms with Gasteiger partial charge in [0.2, 0.25) is 5.91 Å². The van der Waals surface area contributed by atoms with E-state index in [4.69, 9.17) is 4.74 Å². The van der Waals surface area contributed by atoms with Crippen LogP contribution in [0.4, 0.5) is 0 Å². The zero-order valence-electron chi connectivity index (χ0n) is 14.6. The summed E-state index contributed by atoms with van der Waals surface area (Å²) in [6.45, 7) is 0.676. The molecule has 0 aliphatic heterocycles. The van der Waals surface area contributed by atoms with Gasteiger partial charge in [-0.1, -0.05) is 28.1 Å². The minimum absolute atomic E-state index is 0.116. The van der Waals surface area contributed by atoms with E-state index in [0.29, 0.717) is 12.5 Å². The van der Waals surface area contributed by atoms with E-state index in [1.165, 1.54) is 19.3 Å². The highest BCUT2D eigenvalue weighted by Crippen LogP contribution is 2.64. The van der Waals surface area contributed by atoms with Crippen LogP contribution in [0, 0.1) is 17.3 Å². The van der Waals surface area contributed by atoms with Crippen LogP contribution < -0.4 is 4.74 Å². The Morgan fingerprint density at radius 1 is 1.21 bits per heavy atom. The van der Waals surface area contributed by atoms with Crippen molar-refractivity contribution >= 4 is 21.8 Å². The molecule has 2 atom stereocenters. The van der Waals surface area contributed by atoms with Gasteiger partial charge in [-0.3, -0.25) is 4.79 Å². The number of rotatable bonds is 4. The summed E-state index contributed by atoms with van der Waals surface area (Å²) in [6, 6.07) is 8.03. The summed E-state index contributed by atoms with van der Waals surface area (Å²) in [5.41, 5.74) is 1.04. The molecule has 0 saturated heterocycles. The molecule has 4 aliphatic carbocycles. The van der Waals surface area contributed by atoms with Crippen molar-refractivity contribution in [2.75, 3.05) is 14.2 Å². The molecule has 0 heterocycles. The molecule has 2 unspecified atom stereocenters. The number of hydrogen-bond donors (Lipinski definition) is 0. The molecule has 0 radical (unpaired) electrons. The summed E-state index contributed by atoms with van der Waals surface area (Å²) in [5.74, 6) is 2.69. The van der Waals surface area contributed by atoms with Gasteiger partial charge in [-0.25, -0.2) is 0 Å². The normalized spacial score (nSPS) is 36.6. The lowest BCUT2D eigenvalue weighted by Crippen LogP contribution is -2.58. The number of benzene rings is 1. The van der Waals surface area contributed by atoms with Crippen molar-refractivity contribution in [2.24, 2.45) is 17.3 Å². The summed E-state index contributed by atoms with van der Waals surface area (Å²) in [7, 11) is 3.64. The average Bonchev–Trinajstić information content (AvgIpc) is 2.52. The Kier molecular flexibility index (Phi) is 3.94. The minimum atomic E-state index is -0.116. The van der Waals surface area contributed by atoms with E-state index in [-0.39, 0.29) is 9.74 Å². The maximum atomic E-state index is 13.3. The number of carbonyl (C=O) groups excluding carboxylic acids is 1. The summed E-state index contributed by atoms with van der Waals surface area (Å²) in [4.78, 5) is 15.3. The van der Waals surface area contributed by atoms with Crippen molar-refractivity contribution in [2.45, 2.75) is 49.4 Å². The number of amides is 1. The fourth-order valence-corrected chi connectivity index (χ4v) is 7.33. The molecule has 130 valence electrons. The average molecular weight is 392 g/mol. The highest BCUT2D eigenvalue weighted by atomic mass is 79.9. The second-order valence-electron chi connectivity index (χ2n) is 8.40. The summed E-state index contributed by atoms with van der Waals surface area (Å²) < 4.78 is 5.44. The Labute approximate surface area is 152 Å². The van der Waals surface area contributed by atoms with Crippen LogP contribution in [-0.4, -0.2) is 29.3 Å². The molecule has 1 aromatic carbocycles. The molecule has 4 heteroatoms. The van der Waals surface area contributed by atoms with Gasteiger partial charge in [0.15, 0.2) is 0 Å². The number of nitrogens with zero attached hydrogens (tertiary/aromatic N) is 1. The van der Waals surface area contributed by atoms with Crippen LogP contribution in [-0.2, 0) is 11.3 Å². The van der Waals surface area contributed by atoms with Crippen LogP contribution >= 0.6 is 15.9 Å². The number of halogens is 1. The standard InChI is InChI=1S/C20H26BrNO2/c1-22(12-14-3-5-17(24-2)6-4-14)18(23)19-8-15-7-16(9-19)11-20(21,10-15)13-19/h3-6,15-16H,7-13H2,1-2H3. The Morgan fingerprint density at radius 2 is 1.83 bits per heavy atom. The van der Waals surface area contributed by atoms with Crippen molar-refractivity contribution in [1.82, 2.24) is 4.90 Å². The van der Waals surface area contributed by atoms with Crippen LogP contribution in [0.1, 0.15) is 44.1 Å². The first kappa shape index (κ1) is 16.4. The van der Waals surface area contributed by atoms with Crippen LogP contribution in [0.15, 0.2) is 24.3 Å². The van der Waals surface area contributed by atoms with Crippen LogP contribution in [0.25, 0.3) is 0 Å². The van der Waals surface area contributed by atoms with Crippen LogP contribution in [0.3, 0.4) is 0 Å². The highest BCUT2D eigenvalue weighted by Gasteiger charge is 2.60. The third kappa shape index (κ3) is 2.77. The Morgan fingerprint density at radius 3 is 2.38 bits per heavy atom. The summed E-state index contributed by atoms with van der Waals surface area (Å²) in [5, 5.41) is 0. The van der Waals surface area contributed by atoms with Crippen molar-refractivity contribution in [3.05, 3.63) is 29.8 Å². The van der Waals surface area contributed by atoms with E-state index in [2.05, 4.69) is 15.9 Å². The molecule has 24 heavy (non-hydrogen) atoms. The first-order valence-corrected chi connectivity index (χ1v) is 9.78. The van der Waals surface area contributed by atoms with E-state index in [1.807, 2.05) is 36.2 Å². The van der Waals surface area contributed by atoms with Gasteiger partial charge >= 0.3 is 0 Å². The molecular formula is C20H26BrNO2. The number of alkyl halides is 1. The summed E-state index contributed by atoms with van der Waals surface area (Å²) in [6.07, 6.45) is 7.09. The molecule has 5 rings (SSSR count). The molecule has 4 bridgehead atoms. The summed E-state index contributed by atoms with van der Waals surface area (Å²) >= 11 is 4.01. The van der Waals surface area contributed by atoms with Crippen LogP contribution in [0.5, 0.6) is 5.75 Å². The lowest BCUT2D eigenvalue weighted by Gasteiger charge is -2.60. The Balaban J connectivity index is 1.50. The first-order valence-electron chi connectivity index (χ1n) is 8.99.